The second-order valence-corrected chi connectivity index (χ2v) is 10.2. The van der Waals surface area contributed by atoms with Gasteiger partial charge in [-0.05, 0) is 93.7 Å². The number of rotatable bonds is 4. The Bertz CT molecular complexity index is 1160. The summed E-state index contributed by atoms with van der Waals surface area (Å²) >= 11 is 5.97. The zero-order chi connectivity index (χ0) is 23.1. The van der Waals surface area contributed by atoms with Crippen molar-refractivity contribution in [2.24, 2.45) is 0 Å². The normalized spacial score (nSPS) is 21.5. The zero-order valence-corrected chi connectivity index (χ0v) is 21.0. The van der Waals surface area contributed by atoms with Crippen molar-refractivity contribution in [2.45, 2.75) is 77.9 Å². The minimum Gasteiger partial charge on any atom is -0.352 e. The van der Waals surface area contributed by atoms with Gasteiger partial charge in [-0.25, -0.2) is 0 Å². The van der Waals surface area contributed by atoms with E-state index < -0.39 is 0 Å². The Balaban J connectivity index is 1.65. The Hall–Kier alpha value is -2.66. The summed E-state index contributed by atoms with van der Waals surface area (Å²) in [7, 11) is 0. The number of pyridine rings is 1. The van der Waals surface area contributed by atoms with E-state index in [0.29, 0.717) is 6.04 Å². The molecule has 1 aliphatic carbocycles. The molecule has 2 atom stereocenters. The van der Waals surface area contributed by atoms with Crippen molar-refractivity contribution in [3.63, 3.8) is 0 Å². The lowest BCUT2D eigenvalue weighted by Gasteiger charge is -2.37. The first-order chi connectivity index (χ1) is 16.0. The van der Waals surface area contributed by atoms with Gasteiger partial charge in [-0.15, -0.1) is 0 Å². The van der Waals surface area contributed by atoms with Crippen molar-refractivity contribution < 1.29 is 0 Å². The number of hydrogen-bond acceptors (Lipinski definition) is 2. The van der Waals surface area contributed by atoms with Crippen LogP contribution in [0.4, 0.5) is 0 Å². The van der Waals surface area contributed by atoms with E-state index in [9.17, 15) is 0 Å². The third-order valence-corrected chi connectivity index (χ3v) is 7.83. The molecule has 0 radical (unpaired) electrons. The highest BCUT2D eigenvalue weighted by molar-refractivity contribution is 7.80. The van der Waals surface area contributed by atoms with Crippen LogP contribution >= 0.6 is 12.2 Å². The highest BCUT2D eigenvalue weighted by Gasteiger charge is 2.44. The molecule has 5 heteroatoms. The summed E-state index contributed by atoms with van der Waals surface area (Å²) in [6.45, 7) is 8.85. The molecule has 5 rings (SSSR count). The molecule has 0 unspecified atom stereocenters. The minimum atomic E-state index is 0.0492. The van der Waals surface area contributed by atoms with Crippen LogP contribution in [0.15, 0.2) is 48.7 Å². The molecule has 1 N–H and O–H groups in total. The van der Waals surface area contributed by atoms with Gasteiger partial charge in [0.15, 0.2) is 5.11 Å². The van der Waals surface area contributed by atoms with Gasteiger partial charge in [-0.3, -0.25) is 4.98 Å². The number of aryl methyl sites for hydroxylation is 3. The fraction of sp³-hybridized carbons (Fsp3) is 0.429. The molecule has 3 aromatic rings. The van der Waals surface area contributed by atoms with Crippen LogP contribution in [0.5, 0.6) is 0 Å². The molecule has 4 nitrogen and oxygen atoms in total. The van der Waals surface area contributed by atoms with Gasteiger partial charge in [0.25, 0.3) is 0 Å². The van der Waals surface area contributed by atoms with Crippen LogP contribution < -0.4 is 5.32 Å². The van der Waals surface area contributed by atoms with Crippen LogP contribution in [-0.2, 0) is 0 Å². The van der Waals surface area contributed by atoms with Gasteiger partial charge in [-0.1, -0.05) is 37.5 Å². The van der Waals surface area contributed by atoms with Crippen LogP contribution in [0.2, 0.25) is 0 Å². The number of hydrogen-bond donors (Lipinski definition) is 1. The summed E-state index contributed by atoms with van der Waals surface area (Å²) in [5.41, 5.74) is 8.80. The molecule has 0 amide bonds. The van der Waals surface area contributed by atoms with Crippen LogP contribution in [0.3, 0.4) is 0 Å². The van der Waals surface area contributed by atoms with Crippen molar-refractivity contribution in [1.29, 1.82) is 0 Å². The standard InChI is InChI=1S/C28H34N4S/c1-18-13-14-19(2)25(16-18)31-20(3)17-23(21(31)4)27-26(24-12-8-9-15-29-24)30-28(33)32(27)22-10-6-5-7-11-22/h8-9,12-17,22,26-27H,5-7,10-11H2,1-4H3,(H,30,33)/t26-,27-/m1/s1. The van der Waals surface area contributed by atoms with E-state index in [4.69, 9.17) is 17.2 Å². The SMILES string of the molecule is Cc1ccc(C)c(-n2c(C)cc([C@@H]3[C@@H](c4ccccn4)NC(=S)N3C3CCCCC3)c2C)c1. The number of aromatic nitrogens is 2. The maximum atomic E-state index is 5.97. The first-order valence-corrected chi connectivity index (χ1v) is 12.6. The van der Waals surface area contributed by atoms with Gasteiger partial charge in [0.05, 0.1) is 17.8 Å². The average Bonchev–Trinajstić information content (AvgIpc) is 3.32. The molecule has 2 aromatic heterocycles. The molecule has 1 aromatic carbocycles. The molecule has 3 heterocycles. The second-order valence-electron chi connectivity index (χ2n) is 9.78. The van der Waals surface area contributed by atoms with Gasteiger partial charge in [0, 0.05) is 29.3 Å². The van der Waals surface area contributed by atoms with E-state index in [1.54, 1.807) is 0 Å². The third-order valence-electron chi connectivity index (χ3n) is 7.50. The first kappa shape index (κ1) is 22.1. The average molecular weight is 459 g/mol. The lowest BCUT2D eigenvalue weighted by atomic mass is 9.90. The molecule has 33 heavy (non-hydrogen) atoms. The molecular formula is C28H34N4S. The monoisotopic (exact) mass is 458 g/mol. The number of benzene rings is 1. The van der Waals surface area contributed by atoms with Gasteiger partial charge in [-0.2, -0.15) is 0 Å². The fourth-order valence-corrected chi connectivity index (χ4v) is 6.26. The highest BCUT2D eigenvalue weighted by Crippen LogP contribution is 2.44. The number of nitrogens with zero attached hydrogens (tertiary/aromatic N) is 3. The van der Waals surface area contributed by atoms with Crippen molar-refractivity contribution in [2.75, 3.05) is 0 Å². The van der Waals surface area contributed by atoms with Gasteiger partial charge in [0.1, 0.15) is 0 Å². The minimum absolute atomic E-state index is 0.0492. The second kappa shape index (κ2) is 8.94. The van der Waals surface area contributed by atoms with Gasteiger partial charge in [0.2, 0.25) is 0 Å². The van der Waals surface area contributed by atoms with Crippen LogP contribution in [0.25, 0.3) is 5.69 Å². The van der Waals surface area contributed by atoms with Crippen LogP contribution in [0.1, 0.15) is 78.0 Å². The summed E-state index contributed by atoms with van der Waals surface area (Å²) in [5, 5.41) is 4.54. The van der Waals surface area contributed by atoms with Crippen LogP contribution in [0, 0.1) is 27.7 Å². The van der Waals surface area contributed by atoms with Gasteiger partial charge < -0.3 is 14.8 Å². The molecule has 0 spiro atoms. The Morgan fingerprint density at radius 1 is 0.970 bits per heavy atom. The van der Waals surface area contributed by atoms with E-state index in [1.165, 1.54) is 65.9 Å². The van der Waals surface area contributed by atoms with Gasteiger partial charge >= 0.3 is 0 Å². The molecule has 2 fully saturated rings. The summed E-state index contributed by atoms with van der Waals surface area (Å²) in [6.07, 6.45) is 8.21. The molecule has 1 saturated heterocycles. The lowest BCUT2D eigenvalue weighted by molar-refractivity contribution is 0.197. The van der Waals surface area contributed by atoms with E-state index in [0.717, 1.165) is 10.8 Å². The quantitative estimate of drug-likeness (QED) is 0.458. The molecule has 2 aliphatic rings. The lowest BCUT2D eigenvalue weighted by Crippen LogP contribution is -2.40. The molecule has 1 aliphatic heterocycles. The summed E-state index contributed by atoms with van der Waals surface area (Å²) in [6, 6.07) is 15.9. The molecule has 0 bridgehead atoms. The van der Waals surface area contributed by atoms with Crippen molar-refractivity contribution in [3.05, 3.63) is 82.4 Å². The van der Waals surface area contributed by atoms with Crippen molar-refractivity contribution >= 4 is 17.3 Å². The Labute approximate surface area is 203 Å². The predicted octanol–water partition coefficient (Wildman–Crippen LogP) is 6.41. The first-order valence-electron chi connectivity index (χ1n) is 12.2. The van der Waals surface area contributed by atoms with E-state index in [1.807, 2.05) is 12.3 Å². The maximum Gasteiger partial charge on any atom is 0.170 e. The Morgan fingerprint density at radius 2 is 1.76 bits per heavy atom. The predicted molar refractivity (Wildman–Crippen MR) is 139 cm³/mol. The van der Waals surface area contributed by atoms with E-state index in [2.05, 4.69) is 78.9 Å². The summed E-state index contributed by atoms with van der Waals surface area (Å²) in [5.74, 6) is 0. The highest BCUT2D eigenvalue weighted by atomic mass is 32.1. The number of nitrogens with one attached hydrogen (secondary N) is 1. The van der Waals surface area contributed by atoms with Crippen LogP contribution in [-0.4, -0.2) is 25.6 Å². The largest absolute Gasteiger partial charge is 0.352 e. The molecule has 1 saturated carbocycles. The maximum absolute atomic E-state index is 5.97. The zero-order valence-electron chi connectivity index (χ0n) is 20.1. The summed E-state index contributed by atoms with van der Waals surface area (Å²) < 4.78 is 2.42. The Kier molecular flexibility index (Phi) is 6.00. The summed E-state index contributed by atoms with van der Waals surface area (Å²) in [4.78, 5) is 7.25. The van der Waals surface area contributed by atoms with E-state index in [-0.39, 0.29) is 12.1 Å². The van der Waals surface area contributed by atoms with Crippen molar-refractivity contribution in [3.8, 4) is 5.69 Å². The molecule has 172 valence electrons. The molecular weight excluding hydrogens is 424 g/mol. The van der Waals surface area contributed by atoms with Crippen molar-refractivity contribution in [1.82, 2.24) is 19.8 Å². The smallest absolute Gasteiger partial charge is 0.170 e. The third kappa shape index (κ3) is 3.97. The topological polar surface area (TPSA) is 33.1 Å². The number of thiocarbonyl (C=S) groups is 1. The van der Waals surface area contributed by atoms with E-state index >= 15 is 0 Å². The Morgan fingerprint density at radius 3 is 2.48 bits per heavy atom. The fourth-order valence-electron chi connectivity index (χ4n) is 5.87.